The molecule has 1 unspecified atom stereocenters. The van der Waals surface area contributed by atoms with Crippen LogP contribution in [0.2, 0.25) is 0 Å². The lowest BCUT2D eigenvalue weighted by molar-refractivity contribution is -0.384. The van der Waals surface area contributed by atoms with Gasteiger partial charge in [-0.15, -0.1) is 0 Å². The number of piperazine rings is 1. The van der Waals surface area contributed by atoms with Crippen LogP contribution in [0.15, 0.2) is 18.2 Å². The quantitative estimate of drug-likeness (QED) is 0.461. The van der Waals surface area contributed by atoms with E-state index in [1.165, 1.54) is 12.1 Å². The molecule has 1 atom stereocenters. The Balaban J connectivity index is 0.000000370. The standard InChI is InChI=1S/C15H20N4O3.C5H10O2/c1-11-9-17(7-5-16-11)10-15(20)18-6-4-12-2-3-13(19(21)22)8-14(12)18;1-5(2,3)7-4-6/h2-3,8,11,16H,4-7,9-10H2,1H3;4H,1-3H3. The summed E-state index contributed by atoms with van der Waals surface area (Å²) in [6, 6.07) is 5.16. The topological polar surface area (TPSA) is 105 Å². The smallest absolute Gasteiger partial charge is 0.293 e. The van der Waals surface area contributed by atoms with Gasteiger partial charge in [-0.05, 0) is 39.7 Å². The van der Waals surface area contributed by atoms with Crippen molar-refractivity contribution in [2.24, 2.45) is 0 Å². The summed E-state index contributed by atoms with van der Waals surface area (Å²) in [6.45, 7) is 11.6. The lowest BCUT2D eigenvalue weighted by atomic mass is 10.1. The van der Waals surface area contributed by atoms with E-state index in [2.05, 4.69) is 21.9 Å². The third-order valence-electron chi connectivity index (χ3n) is 4.69. The van der Waals surface area contributed by atoms with Crippen molar-refractivity contribution >= 4 is 23.8 Å². The number of nitro benzene ring substituents is 1. The van der Waals surface area contributed by atoms with Gasteiger partial charge in [-0.25, -0.2) is 0 Å². The van der Waals surface area contributed by atoms with Crippen LogP contribution >= 0.6 is 0 Å². The van der Waals surface area contributed by atoms with Crippen LogP contribution in [0.3, 0.4) is 0 Å². The molecule has 2 heterocycles. The molecular formula is C20H30N4O5. The van der Waals surface area contributed by atoms with Crippen molar-refractivity contribution in [2.45, 2.75) is 45.8 Å². The van der Waals surface area contributed by atoms with Gasteiger partial charge in [0.1, 0.15) is 5.60 Å². The van der Waals surface area contributed by atoms with E-state index in [4.69, 9.17) is 0 Å². The number of amides is 1. The van der Waals surface area contributed by atoms with E-state index in [-0.39, 0.29) is 17.2 Å². The fourth-order valence-corrected chi connectivity index (χ4v) is 3.32. The van der Waals surface area contributed by atoms with E-state index in [1.54, 1.807) is 11.0 Å². The summed E-state index contributed by atoms with van der Waals surface area (Å²) in [5.74, 6) is 0.0216. The SMILES string of the molecule is CC(C)(C)OC=O.CC1CN(CC(=O)N2CCc3ccc([N+](=O)[O-])cc32)CCN1. The fourth-order valence-electron chi connectivity index (χ4n) is 3.32. The van der Waals surface area contributed by atoms with Gasteiger partial charge in [0, 0.05) is 44.4 Å². The highest BCUT2D eigenvalue weighted by molar-refractivity contribution is 5.97. The van der Waals surface area contributed by atoms with Crippen molar-refractivity contribution in [1.29, 1.82) is 0 Å². The summed E-state index contributed by atoms with van der Waals surface area (Å²) in [4.78, 5) is 36.5. The number of fused-ring (bicyclic) bond motifs is 1. The number of carbonyl (C=O) groups is 2. The highest BCUT2D eigenvalue weighted by atomic mass is 16.6. The first-order chi connectivity index (χ1) is 13.6. The predicted molar refractivity (Wildman–Crippen MR) is 110 cm³/mol. The number of nitro groups is 1. The molecule has 1 aromatic rings. The Bertz CT molecular complexity index is 747. The molecular weight excluding hydrogens is 376 g/mol. The Morgan fingerprint density at radius 2 is 2.10 bits per heavy atom. The number of ether oxygens (including phenoxy) is 1. The van der Waals surface area contributed by atoms with Crippen LogP contribution in [0.5, 0.6) is 0 Å². The van der Waals surface area contributed by atoms with Crippen molar-refractivity contribution in [2.75, 3.05) is 37.6 Å². The van der Waals surface area contributed by atoms with Gasteiger partial charge >= 0.3 is 0 Å². The lowest BCUT2D eigenvalue weighted by Gasteiger charge is -2.32. The van der Waals surface area contributed by atoms with Crippen LogP contribution in [0.4, 0.5) is 11.4 Å². The minimum atomic E-state index is -0.417. The zero-order chi connectivity index (χ0) is 21.6. The zero-order valence-electron chi connectivity index (χ0n) is 17.5. The number of nitrogens with one attached hydrogen (secondary N) is 1. The maximum Gasteiger partial charge on any atom is 0.293 e. The molecule has 0 spiro atoms. The lowest BCUT2D eigenvalue weighted by Crippen LogP contribution is -2.52. The Morgan fingerprint density at radius 1 is 1.38 bits per heavy atom. The molecule has 160 valence electrons. The van der Waals surface area contributed by atoms with Crippen LogP contribution in [-0.2, 0) is 20.7 Å². The molecule has 1 amide bonds. The Hall–Kier alpha value is -2.52. The molecule has 9 nitrogen and oxygen atoms in total. The van der Waals surface area contributed by atoms with E-state index in [9.17, 15) is 19.7 Å². The minimum absolute atomic E-state index is 0.0216. The number of hydrogen-bond donors (Lipinski definition) is 1. The van der Waals surface area contributed by atoms with E-state index >= 15 is 0 Å². The molecule has 0 saturated carbocycles. The summed E-state index contributed by atoms with van der Waals surface area (Å²) >= 11 is 0. The van der Waals surface area contributed by atoms with Crippen LogP contribution in [0.25, 0.3) is 0 Å². The van der Waals surface area contributed by atoms with Crippen molar-refractivity contribution in [3.63, 3.8) is 0 Å². The number of non-ortho nitro benzene ring substituents is 1. The maximum absolute atomic E-state index is 12.6. The van der Waals surface area contributed by atoms with Crippen molar-refractivity contribution < 1.29 is 19.2 Å². The van der Waals surface area contributed by atoms with Crippen molar-refractivity contribution in [3.8, 4) is 0 Å². The van der Waals surface area contributed by atoms with E-state index in [0.29, 0.717) is 31.3 Å². The molecule has 29 heavy (non-hydrogen) atoms. The second kappa shape index (κ2) is 9.80. The third-order valence-corrected chi connectivity index (χ3v) is 4.69. The third kappa shape index (κ3) is 6.79. The molecule has 2 aliphatic heterocycles. The number of rotatable bonds is 4. The van der Waals surface area contributed by atoms with E-state index in [1.807, 2.05) is 20.8 Å². The van der Waals surface area contributed by atoms with Crippen molar-refractivity contribution in [1.82, 2.24) is 10.2 Å². The van der Waals surface area contributed by atoms with Gasteiger partial charge in [0.25, 0.3) is 12.2 Å². The first kappa shape index (κ1) is 22.8. The Kier molecular flexibility index (Phi) is 7.69. The molecule has 9 heteroatoms. The van der Waals surface area contributed by atoms with Crippen LogP contribution in [-0.4, -0.2) is 66.6 Å². The van der Waals surface area contributed by atoms with E-state index in [0.717, 1.165) is 31.6 Å². The number of benzene rings is 1. The van der Waals surface area contributed by atoms with Gasteiger partial charge in [0.15, 0.2) is 0 Å². The van der Waals surface area contributed by atoms with E-state index < -0.39 is 4.92 Å². The molecule has 1 saturated heterocycles. The van der Waals surface area contributed by atoms with Gasteiger partial charge in [-0.2, -0.15) is 0 Å². The number of anilines is 1. The van der Waals surface area contributed by atoms with Gasteiger partial charge in [-0.3, -0.25) is 24.6 Å². The molecule has 0 aliphatic carbocycles. The summed E-state index contributed by atoms with van der Waals surface area (Å²) < 4.78 is 4.55. The first-order valence-electron chi connectivity index (χ1n) is 9.75. The molecule has 0 radical (unpaired) electrons. The Morgan fingerprint density at radius 3 is 2.66 bits per heavy atom. The normalized spacial score (nSPS) is 19.0. The van der Waals surface area contributed by atoms with Gasteiger partial charge < -0.3 is 15.0 Å². The highest BCUT2D eigenvalue weighted by Gasteiger charge is 2.28. The largest absolute Gasteiger partial charge is 0.462 e. The van der Waals surface area contributed by atoms with Crippen molar-refractivity contribution in [3.05, 3.63) is 33.9 Å². The average Bonchev–Trinajstić information content (AvgIpc) is 3.04. The van der Waals surface area contributed by atoms with Gasteiger partial charge in [0.05, 0.1) is 17.2 Å². The van der Waals surface area contributed by atoms with Crippen LogP contribution in [0.1, 0.15) is 33.3 Å². The number of carbonyl (C=O) groups excluding carboxylic acids is 2. The molecule has 1 aromatic carbocycles. The van der Waals surface area contributed by atoms with Gasteiger partial charge in [-0.1, -0.05) is 6.07 Å². The summed E-state index contributed by atoms with van der Waals surface area (Å²) in [5, 5.41) is 14.3. The molecule has 0 aromatic heterocycles. The maximum atomic E-state index is 12.6. The second-order valence-corrected chi connectivity index (χ2v) is 8.28. The molecule has 3 rings (SSSR count). The minimum Gasteiger partial charge on any atom is -0.462 e. The first-order valence-corrected chi connectivity index (χ1v) is 9.75. The predicted octanol–water partition coefficient (Wildman–Crippen LogP) is 1.74. The summed E-state index contributed by atoms with van der Waals surface area (Å²) in [6.07, 6.45) is 0.761. The average molecular weight is 406 g/mol. The molecule has 0 bridgehead atoms. The second-order valence-electron chi connectivity index (χ2n) is 8.28. The van der Waals surface area contributed by atoms with Crippen LogP contribution in [0, 0.1) is 10.1 Å². The van der Waals surface area contributed by atoms with Crippen LogP contribution < -0.4 is 10.2 Å². The molecule has 1 N–H and O–H groups in total. The molecule has 1 fully saturated rings. The zero-order valence-corrected chi connectivity index (χ0v) is 17.5. The Labute approximate surface area is 171 Å². The fraction of sp³-hybridized carbons (Fsp3) is 0.600. The number of hydrogen-bond acceptors (Lipinski definition) is 7. The van der Waals surface area contributed by atoms with Gasteiger partial charge in [0.2, 0.25) is 5.91 Å². The highest BCUT2D eigenvalue weighted by Crippen LogP contribution is 2.31. The summed E-state index contributed by atoms with van der Waals surface area (Å²) in [5.41, 5.74) is 1.42. The monoisotopic (exact) mass is 406 g/mol. The summed E-state index contributed by atoms with van der Waals surface area (Å²) in [7, 11) is 0. The number of nitrogens with zero attached hydrogens (tertiary/aromatic N) is 3. The molecule has 2 aliphatic rings.